The van der Waals surface area contributed by atoms with Crippen LogP contribution in [-0.2, 0) is 0 Å². The predicted octanol–water partition coefficient (Wildman–Crippen LogP) is 2.23. The Morgan fingerprint density at radius 1 is 1.60 bits per heavy atom. The fourth-order valence-corrected chi connectivity index (χ4v) is 2.34. The minimum atomic E-state index is 0.159. The Morgan fingerprint density at radius 2 is 2.33 bits per heavy atom. The van der Waals surface area contributed by atoms with Crippen molar-refractivity contribution in [2.45, 2.75) is 12.3 Å². The second-order valence-corrected chi connectivity index (χ2v) is 4.75. The van der Waals surface area contributed by atoms with E-state index in [2.05, 4.69) is 15.9 Å². The molecule has 0 aliphatic heterocycles. The summed E-state index contributed by atoms with van der Waals surface area (Å²) < 4.78 is 5.78. The largest absolute Gasteiger partial charge is 0.503 e. The molecule has 1 fully saturated rings. The van der Waals surface area contributed by atoms with Crippen molar-refractivity contribution in [3.05, 3.63) is 22.2 Å². The molecule has 0 radical (unpaired) electrons. The molecule has 0 spiro atoms. The van der Waals surface area contributed by atoms with Crippen molar-refractivity contribution in [2.24, 2.45) is 11.7 Å². The van der Waals surface area contributed by atoms with Gasteiger partial charge < -0.3 is 15.6 Å². The number of hydrogen-bond acceptors (Lipinski definition) is 3. The van der Waals surface area contributed by atoms with Gasteiger partial charge in [-0.05, 0) is 58.4 Å². The van der Waals surface area contributed by atoms with Gasteiger partial charge in [0.2, 0.25) is 0 Å². The van der Waals surface area contributed by atoms with Crippen molar-refractivity contribution in [1.82, 2.24) is 0 Å². The van der Waals surface area contributed by atoms with Gasteiger partial charge in [-0.1, -0.05) is 0 Å². The molecule has 1 aliphatic rings. The Hall–Kier alpha value is -0.740. The lowest BCUT2D eigenvalue weighted by Gasteiger charge is -2.08. The van der Waals surface area contributed by atoms with Crippen LogP contribution in [0.2, 0.25) is 0 Å². The van der Waals surface area contributed by atoms with Crippen LogP contribution in [0.5, 0.6) is 11.5 Å². The minimum absolute atomic E-state index is 0.159. The van der Waals surface area contributed by atoms with Crippen LogP contribution in [0, 0.1) is 5.92 Å². The average Bonchev–Trinajstić information content (AvgIpc) is 3.01. The Morgan fingerprint density at radius 3 is 2.87 bits per heavy atom. The Kier molecular flexibility index (Phi) is 2.89. The van der Waals surface area contributed by atoms with E-state index in [1.807, 2.05) is 12.1 Å². The number of ether oxygens (including phenoxy) is 1. The summed E-state index contributed by atoms with van der Waals surface area (Å²) >= 11 is 3.31. The summed E-state index contributed by atoms with van der Waals surface area (Å²) in [4.78, 5) is 0. The van der Waals surface area contributed by atoms with Gasteiger partial charge in [-0.15, -0.1) is 0 Å². The molecule has 1 saturated carbocycles. The molecular weight excluding hydrogens is 258 g/mol. The van der Waals surface area contributed by atoms with E-state index in [1.54, 1.807) is 7.11 Å². The first-order chi connectivity index (χ1) is 7.17. The predicted molar refractivity (Wildman–Crippen MR) is 62.3 cm³/mol. The van der Waals surface area contributed by atoms with E-state index in [0.717, 1.165) is 13.0 Å². The Balaban J connectivity index is 2.30. The molecule has 2 unspecified atom stereocenters. The molecule has 0 bridgehead atoms. The maximum atomic E-state index is 9.65. The van der Waals surface area contributed by atoms with Gasteiger partial charge in [-0.3, -0.25) is 0 Å². The zero-order valence-corrected chi connectivity index (χ0v) is 10.1. The number of phenolic OH excluding ortho intramolecular Hbond substituents is 1. The van der Waals surface area contributed by atoms with Gasteiger partial charge in [-0.2, -0.15) is 0 Å². The first-order valence-corrected chi connectivity index (χ1v) is 5.73. The van der Waals surface area contributed by atoms with Crippen LogP contribution in [-0.4, -0.2) is 18.8 Å². The van der Waals surface area contributed by atoms with Crippen LogP contribution in [0.3, 0.4) is 0 Å². The van der Waals surface area contributed by atoms with Crippen molar-refractivity contribution in [3.8, 4) is 11.5 Å². The van der Waals surface area contributed by atoms with Crippen LogP contribution in [0.25, 0.3) is 0 Å². The third-order valence-corrected chi connectivity index (χ3v) is 3.53. The maximum absolute atomic E-state index is 9.65. The normalized spacial score (nSPS) is 23.9. The molecule has 1 aromatic rings. The molecule has 2 rings (SSSR count). The van der Waals surface area contributed by atoms with Gasteiger partial charge in [-0.25, -0.2) is 0 Å². The fraction of sp³-hybridized carbons (Fsp3) is 0.455. The number of nitrogens with two attached hydrogens (primary N) is 1. The second-order valence-electron chi connectivity index (χ2n) is 3.89. The summed E-state index contributed by atoms with van der Waals surface area (Å²) in [6.07, 6.45) is 1.14. The number of halogens is 1. The summed E-state index contributed by atoms with van der Waals surface area (Å²) in [5.74, 6) is 1.79. The molecule has 0 heterocycles. The fourth-order valence-electron chi connectivity index (χ4n) is 1.88. The molecule has 0 amide bonds. The van der Waals surface area contributed by atoms with Crippen LogP contribution >= 0.6 is 15.9 Å². The molecule has 15 heavy (non-hydrogen) atoms. The number of aromatic hydroxyl groups is 1. The summed E-state index contributed by atoms with van der Waals surface area (Å²) in [5.41, 5.74) is 6.79. The highest BCUT2D eigenvalue weighted by molar-refractivity contribution is 9.10. The van der Waals surface area contributed by atoms with E-state index in [0.29, 0.717) is 22.1 Å². The monoisotopic (exact) mass is 271 g/mol. The molecule has 1 aliphatic carbocycles. The van der Waals surface area contributed by atoms with E-state index in [9.17, 15) is 5.11 Å². The minimum Gasteiger partial charge on any atom is -0.503 e. The summed E-state index contributed by atoms with van der Waals surface area (Å²) in [6.45, 7) is 0.728. The molecule has 4 heteroatoms. The molecule has 2 atom stereocenters. The van der Waals surface area contributed by atoms with Gasteiger partial charge in [0.05, 0.1) is 11.6 Å². The smallest absolute Gasteiger partial charge is 0.172 e. The van der Waals surface area contributed by atoms with Crippen LogP contribution in [0.1, 0.15) is 17.9 Å². The molecule has 1 aromatic carbocycles. The van der Waals surface area contributed by atoms with Gasteiger partial charge >= 0.3 is 0 Å². The molecule has 0 saturated heterocycles. The third kappa shape index (κ3) is 1.96. The number of rotatable bonds is 3. The zero-order chi connectivity index (χ0) is 11.0. The van der Waals surface area contributed by atoms with Crippen molar-refractivity contribution in [2.75, 3.05) is 13.7 Å². The van der Waals surface area contributed by atoms with Crippen molar-refractivity contribution in [1.29, 1.82) is 0 Å². The first kappa shape index (κ1) is 10.8. The van der Waals surface area contributed by atoms with E-state index in [4.69, 9.17) is 10.5 Å². The van der Waals surface area contributed by atoms with Crippen molar-refractivity contribution < 1.29 is 9.84 Å². The maximum Gasteiger partial charge on any atom is 0.172 e. The van der Waals surface area contributed by atoms with Crippen LogP contribution in [0.4, 0.5) is 0 Å². The average molecular weight is 272 g/mol. The first-order valence-electron chi connectivity index (χ1n) is 4.93. The van der Waals surface area contributed by atoms with Crippen molar-refractivity contribution in [3.63, 3.8) is 0 Å². The molecular formula is C11H14BrNO2. The summed E-state index contributed by atoms with van der Waals surface area (Å²) in [7, 11) is 1.55. The number of benzene rings is 1. The van der Waals surface area contributed by atoms with Gasteiger partial charge in [0.25, 0.3) is 0 Å². The van der Waals surface area contributed by atoms with Gasteiger partial charge in [0.15, 0.2) is 11.5 Å². The third-order valence-electron chi connectivity index (χ3n) is 2.92. The number of hydrogen-bond donors (Lipinski definition) is 2. The zero-order valence-electron chi connectivity index (χ0n) is 8.53. The topological polar surface area (TPSA) is 55.5 Å². The van der Waals surface area contributed by atoms with Crippen LogP contribution in [0.15, 0.2) is 16.6 Å². The van der Waals surface area contributed by atoms with Crippen molar-refractivity contribution >= 4 is 15.9 Å². The molecule has 0 aromatic heterocycles. The Labute approximate surface area is 97.4 Å². The highest BCUT2D eigenvalue weighted by Gasteiger charge is 2.37. The Bertz CT molecular complexity index is 381. The lowest BCUT2D eigenvalue weighted by Crippen LogP contribution is -2.02. The summed E-state index contributed by atoms with van der Waals surface area (Å²) in [6, 6.07) is 3.83. The molecule has 82 valence electrons. The quantitative estimate of drug-likeness (QED) is 0.887. The highest BCUT2D eigenvalue weighted by Crippen LogP contribution is 2.49. The lowest BCUT2D eigenvalue weighted by atomic mass is 10.1. The SMILES string of the molecule is COc1cc(C2CC2CN)cc(Br)c1O. The van der Waals surface area contributed by atoms with E-state index >= 15 is 0 Å². The van der Waals surface area contributed by atoms with Gasteiger partial charge in [0, 0.05) is 0 Å². The van der Waals surface area contributed by atoms with Crippen LogP contribution < -0.4 is 10.5 Å². The molecule has 3 N–H and O–H groups in total. The van der Waals surface area contributed by atoms with Gasteiger partial charge in [0.1, 0.15) is 0 Å². The standard InChI is InChI=1S/C11H14BrNO2/c1-15-10-4-6(3-9(12)11(10)14)8-2-7(8)5-13/h3-4,7-8,14H,2,5,13H2,1H3. The van der Waals surface area contributed by atoms with E-state index in [1.165, 1.54) is 5.56 Å². The highest BCUT2D eigenvalue weighted by atomic mass is 79.9. The second kappa shape index (κ2) is 4.02. The summed E-state index contributed by atoms with van der Waals surface area (Å²) in [5, 5.41) is 9.65. The van der Waals surface area contributed by atoms with E-state index in [-0.39, 0.29) is 5.75 Å². The number of methoxy groups -OCH3 is 1. The lowest BCUT2D eigenvalue weighted by molar-refractivity contribution is 0.371. The molecule has 3 nitrogen and oxygen atoms in total. The van der Waals surface area contributed by atoms with E-state index < -0.39 is 0 Å². The number of phenols is 1.